The summed E-state index contributed by atoms with van der Waals surface area (Å²) < 4.78 is 17.2. The highest BCUT2D eigenvalue weighted by Crippen LogP contribution is 2.61. The summed E-state index contributed by atoms with van der Waals surface area (Å²) >= 11 is 0. The topological polar surface area (TPSA) is 48.0 Å². The number of nitrogens with zero attached hydrogens (tertiary/aromatic N) is 1. The van der Waals surface area contributed by atoms with E-state index < -0.39 is 0 Å². The maximum atomic E-state index is 13.8. The van der Waals surface area contributed by atoms with E-state index in [1.54, 1.807) is 7.11 Å². The van der Waals surface area contributed by atoms with Crippen LogP contribution in [0.4, 0.5) is 0 Å². The van der Waals surface area contributed by atoms with Crippen molar-refractivity contribution in [1.82, 2.24) is 4.90 Å². The van der Waals surface area contributed by atoms with Crippen molar-refractivity contribution in [2.45, 2.75) is 57.4 Å². The minimum Gasteiger partial charge on any atom is -0.492 e. The van der Waals surface area contributed by atoms with Crippen molar-refractivity contribution in [3.63, 3.8) is 0 Å². The van der Waals surface area contributed by atoms with Crippen LogP contribution in [-0.2, 0) is 11.2 Å². The van der Waals surface area contributed by atoms with Gasteiger partial charge in [-0.15, -0.1) is 0 Å². The first kappa shape index (κ1) is 18.1. The lowest BCUT2D eigenvalue weighted by atomic mass is 9.48. The Labute approximate surface area is 172 Å². The molecule has 0 amide bonds. The van der Waals surface area contributed by atoms with Gasteiger partial charge in [-0.25, -0.2) is 0 Å². The fourth-order valence-electron chi connectivity index (χ4n) is 7.63. The van der Waals surface area contributed by atoms with Crippen molar-refractivity contribution in [2.75, 3.05) is 27.5 Å². The standard InChI is InChI=1S/C24H31NO4/c1-25-4-3-17-8-19-22(29-13-28-19)23(27-2)21(17)18(25)9-20(26)24-10-14-5-15(11-24)7-16(6-14)12-24/h8,14-16,18H,3-7,9-13H2,1-2H3/t14?,15?,16?,18-,24?/m0/s1. The van der Waals surface area contributed by atoms with Crippen LogP contribution in [-0.4, -0.2) is 38.2 Å². The van der Waals surface area contributed by atoms with Crippen molar-refractivity contribution in [3.05, 3.63) is 17.2 Å². The summed E-state index contributed by atoms with van der Waals surface area (Å²) in [7, 11) is 3.84. The zero-order valence-electron chi connectivity index (χ0n) is 17.5. The molecule has 1 aromatic rings. The number of likely N-dealkylation sites (N-methyl/N-ethyl adjacent to an activating group) is 1. The quantitative estimate of drug-likeness (QED) is 0.765. The van der Waals surface area contributed by atoms with Crippen molar-refractivity contribution in [1.29, 1.82) is 0 Å². The number of fused-ring (bicyclic) bond motifs is 2. The maximum Gasteiger partial charge on any atom is 0.231 e. The molecule has 29 heavy (non-hydrogen) atoms. The number of methoxy groups -OCH3 is 1. The van der Waals surface area contributed by atoms with Crippen molar-refractivity contribution in [2.24, 2.45) is 23.2 Å². The zero-order valence-corrected chi connectivity index (χ0v) is 17.5. The summed E-state index contributed by atoms with van der Waals surface area (Å²) in [4.78, 5) is 16.2. The Balaban J connectivity index is 1.35. The van der Waals surface area contributed by atoms with E-state index in [-0.39, 0.29) is 18.2 Å². The molecule has 156 valence electrons. The molecule has 0 N–H and O–H groups in total. The summed E-state index contributed by atoms with van der Waals surface area (Å²) in [6.45, 7) is 1.19. The highest BCUT2D eigenvalue weighted by atomic mass is 16.7. The summed E-state index contributed by atoms with van der Waals surface area (Å²) in [5.74, 6) is 5.13. The predicted molar refractivity (Wildman–Crippen MR) is 108 cm³/mol. The van der Waals surface area contributed by atoms with E-state index >= 15 is 0 Å². The number of Topliss-reactive ketones (excluding diaryl/α,β-unsaturated/α-hetero) is 1. The van der Waals surface area contributed by atoms with Crippen LogP contribution in [0.1, 0.15) is 62.1 Å². The summed E-state index contributed by atoms with van der Waals surface area (Å²) in [6.07, 6.45) is 9.06. The molecule has 4 saturated carbocycles. The monoisotopic (exact) mass is 397 g/mol. The average molecular weight is 398 g/mol. The number of benzene rings is 1. The largest absolute Gasteiger partial charge is 0.492 e. The highest BCUT2D eigenvalue weighted by molar-refractivity contribution is 5.86. The van der Waals surface area contributed by atoms with E-state index in [2.05, 4.69) is 18.0 Å². The van der Waals surface area contributed by atoms with Gasteiger partial charge >= 0.3 is 0 Å². The molecule has 1 aromatic carbocycles. The Morgan fingerprint density at radius 3 is 2.52 bits per heavy atom. The fraction of sp³-hybridized carbons (Fsp3) is 0.708. The van der Waals surface area contributed by atoms with Gasteiger partial charge in [0.05, 0.1) is 7.11 Å². The van der Waals surface area contributed by atoms with E-state index in [0.29, 0.717) is 18.0 Å². The SMILES string of the molecule is COc1c2c(cc3c1[C@H](CC(=O)C14CC5CC(CC(C5)C1)C4)N(C)CC3)OCO2. The fourth-order valence-corrected chi connectivity index (χ4v) is 7.63. The van der Waals surface area contributed by atoms with Gasteiger partial charge in [-0.1, -0.05) is 0 Å². The Morgan fingerprint density at radius 2 is 1.86 bits per heavy atom. The van der Waals surface area contributed by atoms with Crippen LogP contribution < -0.4 is 14.2 Å². The van der Waals surface area contributed by atoms with Crippen LogP contribution in [0.5, 0.6) is 17.2 Å². The third-order valence-electron chi connectivity index (χ3n) is 8.56. The molecule has 7 rings (SSSR count). The molecule has 0 unspecified atom stereocenters. The number of hydrogen-bond acceptors (Lipinski definition) is 5. The molecular formula is C24H31NO4. The van der Waals surface area contributed by atoms with Gasteiger partial charge in [0.25, 0.3) is 0 Å². The van der Waals surface area contributed by atoms with Crippen LogP contribution in [0.2, 0.25) is 0 Å². The minimum atomic E-state index is -0.0449. The number of rotatable bonds is 4. The van der Waals surface area contributed by atoms with E-state index in [1.807, 2.05) is 0 Å². The van der Waals surface area contributed by atoms with Crippen molar-refractivity contribution < 1.29 is 19.0 Å². The smallest absolute Gasteiger partial charge is 0.231 e. The van der Waals surface area contributed by atoms with E-state index in [4.69, 9.17) is 14.2 Å². The lowest BCUT2D eigenvalue weighted by Crippen LogP contribution is -2.50. The predicted octanol–water partition coefficient (Wildman–Crippen LogP) is 4.13. The first-order valence-corrected chi connectivity index (χ1v) is 11.3. The highest BCUT2D eigenvalue weighted by Gasteiger charge is 2.54. The van der Waals surface area contributed by atoms with Crippen LogP contribution in [0, 0.1) is 23.2 Å². The minimum absolute atomic E-state index is 0.0449. The molecule has 4 fully saturated rings. The number of hydrogen-bond donors (Lipinski definition) is 0. The van der Waals surface area contributed by atoms with E-state index in [1.165, 1.54) is 24.8 Å². The Kier molecular flexibility index (Phi) is 3.97. The number of carbonyl (C=O) groups excluding carboxylic acids is 1. The van der Waals surface area contributed by atoms with Gasteiger partial charge in [0.15, 0.2) is 11.5 Å². The third-order valence-corrected chi connectivity index (χ3v) is 8.56. The van der Waals surface area contributed by atoms with Gasteiger partial charge in [0, 0.05) is 30.0 Å². The Hall–Kier alpha value is -1.75. The lowest BCUT2D eigenvalue weighted by Gasteiger charge is -2.56. The number of ketones is 1. The molecule has 0 spiro atoms. The van der Waals surface area contributed by atoms with Gasteiger partial charge in [0.2, 0.25) is 12.5 Å². The third kappa shape index (κ3) is 2.66. The first-order chi connectivity index (χ1) is 14.1. The van der Waals surface area contributed by atoms with Gasteiger partial charge < -0.3 is 14.2 Å². The zero-order chi connectivity index (χ0) is 19.8. The second-order valence-electron chi connectivity index (χ2n) is 10.3. The van der Waals surface area contributed by atoms with E-state index in [0.717, 1.165) is 67.0 Å². The molecule has 1 atom stereocenters. The molecule has 5 nitrogen and oxygen atoms in total. The van der Waals surface area contributed by atoms with Crippen molar-refractivity contribution in [3.8, 4) is 17.2 Å². The normalized spacial score (nSPS) is 36.9. The molecule has 4 bridgehead atoms. The molecule has 0 aromatic heterocycles. The Bertz CT molecular complexity index is 828. The molecule has 2 aliphatic heterocycles. The van der Waals surface area contributed by atoms with Gasteiger partial charge in [-0.05, 0) is 81.4 Å². The van der Waals surface area contributed by atoms with Crippen LogP contribution in [0.3, 0.4) is 0 Å². The number of ether oxygens (including phenoxy) is 3. The molecular weight excluding hydrogens is 366 g/mol. The van der Waals surface area contributed by atoms with Crippen molar-refractivity contribution >= 4 is 5.78 Å². The summed E-state index contributed by atoms with van der Waals surface area (Å²) in [6, 6.07) is 2.17. The first-order valence-electron chi connectivity index (χ1n) is 11.3. The maximum absolute atomic E-state index is 13.8. The average Bonchev–Trinajstić information content (AvgIpc) is 3.15. The van der Waals surface area contributed by atoms with Crippen LogP contribution in [0.15, 0.2) is 6.07 Å². The lowest BCUT2D eigenvalue weighted by molar-refractivity contribution is -0.145. The second kappa shape index (κ2) is 6.37. The van der Waals surface area contributed by atoms with Gasteiger partial charge in [-0.3, -0.25) is 9.69 Å². The molecule has 2 heterocycles. The molecule has 0 saturated heterocycles. The second-order valence-corrected chi connectivity index (χ2v) is 10.3. The summed E-state index contributed by atoms with van der Waals surface area (Å²) in [5.41, 5.74) is 2.34. The molecule has 5 heteroatoms. The molecule has 4 aliphatic carbocycles. The molecule has 6 aliphatic rings. The van der Waals surface area contributed by atoms with Crippen LogP contribution >= 0.6 is 0 Å². The van der Waals surface area contributed by atoms with Gasteiger partial charge in [0.1, 0.15) is 5.78 Å². The van der Waals surface area contributed by atoms with Crippen LogP contribution in [0.25, 0.3) is 0 Å². The van der Waals surface area contributed by atoms with E-state index in [9.17, 15) is 4.79 Å². The number of carbonyl (C=O) groups is 1. The Morgan fingerprint density at radius 1 is 1.17 bits per heavy atom. The van der Waals surface area contributed by atoms with Gasteiger partial charge in [-0.2, -0.15) is 0 Å². The summed E-state index contributed by atoms with van der Waals surface area (Å²) in [5, 5.41) is 0. The molecule has 0 radical (unpaired) electrons.